The van der Waals surface area contributed by atoms with Crippen molar-refractivity contribution in [3.05, 3.63) is 24.3 Å². The first-order valence-corrected chi connectivity index (χ1v) is 7.75. The summed E-state index contributed by atoms with van der Waals surface area (Å²) >= 11 is 0. The first-order valence-electron chi connectivity index (χ1n) is 7.75. The molecular formula is C16H22N4O. The van der Waals surface area contributed by atoms with E-state index in [0.29, 0.717) is 18.5 Å². The van der Waals surface area contributed by atoms with Crippen LogP contribution < -0.4 is 10.6 Å². The molecule has 1 aromatic carbocycles. The van der Waals surface area contributed by atoms with E-state index in [4.69, 9.17) is 5.11 Å². The van der Waals surface area contributed by atoms with E-state index in [-0.39, 0.29) is 6.61 Å². The second-order valence-corrected chi connectivity index (χ2v) is 5.54. The highest BCUT2D eigenvalue weighted by atomic mass is 16.3. The zero-order valence-electron chi connectivity index (χ0n) is 12.2. The lowest BCUT2D eigenvalue weighted by Gasteiger charge is -2.23. The van der Waals surface area contributed by atoms with E-state index in [1.54, 1.807) is 0 Å². The molecule has 1 aromatic heterocycles. The number of anilines is 2. The van der Waals surface area contributed by atoms with Gasteiger partial charge in [0.25, 0.3) is 0 Å². The molecule has 2 aromatic rings. The molecule has 3 rings (SSSR count). The van der Waals surface area contributed by atoms with Gasteiger partial charge in [0.05, 0.1) is 12.1 Å². The third-order valence-electron chi connectivity index (χ3n) is 3.95. The molecule has 5 nitrogen and oxygen atoms in total. The smallest absolute Gasteiger partial charge is 0.225 e. The van der Waals surface area contributed by atoms with Crippen molar-refractivity contribution in [1.29, 1.82) is 0 Å². The fourth-order valence-corrected chi connectivity index (χ4v) is 2.88. The van der Waals surface area contributed by atoms with Crippen molar-refractivity contribution in [2.24, 2.45) is 0 Å². The van der Waals surface area contributed by atoms with Gasteiger partial charge >= 0.3 is 0 Å². The molecule has 112 valence electrons. The third kappa shape index (κ3) is 3.42. The Bertz CT molecular complexity index is 596. The summed E-state index contributed by atoms with van der Waals surface area (Å²) in [6.45, 7) is 0.577. The maximum Gasteiger partial charge on any atom is 0.225 e. The van der Waals surface area contributed by atoms with Gasteiger partial charge in [-0.05, 0) is 25.0 Å². The van der Waals surface area contributed by atoms with Gasteiger partial charge in [-0.2, -0.15) is 4.98 Å². The Morgan fingerprint density at radius 1 is 1.10 bits per heavy atom. The lowest BCUT2D eigenvalue weighted by Crippen LogP contribution is -2.23. The van der Waals surface area contributed by atoms with Crippen molar-refractivity contribution in [2.45, 2.75) is 38.1 Å². The van der Waals surface area contributed by atoms with Gasteiger partial charge in [-0.25, -0.2) is 4.98 Å². The van der Waals surface area contributed by atoms with Crippen LogP contribution in [0.1, 0.15) is 32.1 Å². The van der Waals surface area contributed by atoms with Crippen LogP contribution in [-0.2, 0) is 0 Å². The molecule has 0 amide bonds. The topological polar surface area (TPSA) is 70.1 Å². The Balaban J connectivity index is 1.87. The second kappa shape index (κ2) is 6.72. The van der Waals surface area contributed by atoms with Crippen LogP contribution in [-0.4, -0.2) is 34.3 Å². The molecule has 1 heterocycles. The Morgan fingerprint density at radius 2 is 1.90 bits per heavy atom. The molecule has 3 N–H and O–H groups in total. The van der Waals surface area contributed by atoms with Crippen LogP contribution in [0, 0.1) is 0 Å². The molecule has 0 aliphatic heterocycles. The van der Waals surface area contributed by atoms with Gasteiger partial charge in [-0.1, -0.05) is 31.4 Å². The molecule has 0 bridgehead atoms. The van der Waals surface area contributed by atoms with E-state index >= 15 is 0 Å². The predicted octanol–water partition coefficient (Wildman–Crippen LogP) is 2.78. The number of benzene rings is 1. The average Bonchev–Trinajstić information content (AvgIpc) is 2.53. The Kier molecular flexibility index (Phi) is 4.50. The number of hydrogen-bond acceptors (Lipinski definition) is 5. The molecule has 0 atom stereocenters. The summed E-state index contributed by atoms with van der Waals surface area (Å²) < 4.78 is 0. The number of aliphatic hydroxyl groups is 1. The molecule has 0 unspecified atom stereocenters. The van der Waals surface area contributed by atoms with Crippen LogP contribution in [0.25, 0.3) is 10.9 Å². The van der Waals surface area contributed by atoms with Crippen LogP contribution in [0.4, 0.5) is 11.8 Å². The summed E-state index contributed by atoms with van der Waals surface area (Å²) in [6, 6.07) is 8.43. The Hall–Kier alpha value is -1.88. The molecule has 1 aliphatic carbocycles. The lowest BCUT2D eigenvalue weighted by molar-refractivity contribution is 0.311. The number of hydrogen-bond donors (Lipinski definition) is 3. The summed E-state index contributed by atoms with van der Waals surface area (Å²) in [6.07, 6.45) is 6.27. The van der Waals surface area contributed by atoms with Crippen LogP contribution in [0.3, 0.4) is 0 Å². The minimum Gasteiger partial charge on any atom is -0.395 e. The molecular weight excluding hydrogens is 264 g/mol. The van der Waals surface area contributed by atoms with Crippen molar-refractivity contribution < 1.29 is 5.11 Å². The number of rotatable bonds is 5. The highest BCUT2D eigenvalue weighted by Crippen LogP contribution is 2.24. The van der Waals surface area contributed by atoms with Gasteiger partial charge in [0, 0.05) is 18.0 Å². The fraction of sp³-hybridized carbons (Fsp3) is 0.500. The van der Waals surface area contributed by atoms with Crippen LogP contribution in [0.15, 0.2) is 24.3 Å². The predicted molar refractivity (Wildman–Crippen MR) is 85.6 cm³/mol. The Morgan fingerprint density at radius 3 is 2.71 bits per heavy atom. The van der Waals surface area contributed by atoms with Crippen molar-refractivity contribution in [2.75, 3.05) is 23.8 Å². The third-order valence-corrected chi connectivity index (χ3v) is 3.95. The highest BCUT2D eigenvalue weighted by molar-refractivity contribution is 5.90. The zero-order chi connectivity index (χ0) is 14.5. The number of aliphatic hydroxyl groups excluding tert-OH is 1. The fourth-order valence-electron chi connectivity index (χ4n) is 2.88. The van der Waals surface area contributed by atoms with Crippen LogP contribution in [0.2, 0.25) is 0 Å². The van der Waals surface area contributed by atoms with E-state index in [0.717, 1.165) is 16.7 Å². The number of aromatic nitrogens is 2. The normalized spacial score (nSPS) is 16.0. The van der Waals surface area contributed by atoms with Gasteiger partial charge in [0.1, 0.15) is 5.82 Å². The summed E-state index contributed by atoms with van der Waals surface area (Å²) in [7, 11) is 0. The van der Waals surface area contributed by atoms with Crippen molar-refractivity contribution >= 4 is 22.7 Å². The van der Waals surface area contributed by atoms with E-state index in [9.17, 15) is 0 Å². The van der Waals surface area contributed by atoms with Crippen LogP contribution >= 0.6 is 0 Å². The van der Waals surface area contributed by atoms with Gasteiger partial charge in [-0.15, -0.1) is 0 Å². The lowest BCUT2D eigenvalue weighted by atomic mass is 9.96. The molecule has 21 heavy (non-hydrogen) atoms. The largest absolute Gasteiger partial charge is 0.395 e. The molecule has 1 fully saturated rings. The van der Waals surface area contributed by atoms with E-state index < -0.39 is 0 Å². The molecule has 1 saturated carbocycles. The van der Waals surface area contributed by atoms with E-state index in [1.807, 2.05) is 24.3 Å². The van der Waals surface area contributed by atoms with Crippen LogP contribution in [0.5, 0.6) is 0 Å². The molecule has 0 radical (unpaired) electrons. The minimum atomic E-state index is 0.0870. The number of fused-ring (bicyclic) bond motifs is 1. The summed E-state index contributed by atoms with van der Waals surface area (Å²) in [5.41, 5.74) is 0.922. The number of para-hydroxylation sites is 1. The highest BCUT2D eigenvalue weighted by Gasteiger charge is 2.15. The number of nitrogens with zero attached hydrogens (tertiary/aromatic N) is 2. The zero-order valence-corrected chi connectivity index (χ0v) is 12.2. The van der Waals surface area contributed by atoms with Crippen molar-refractivity contribution in [3.63, 3.8) is 0 Å². The molecule has 5 heteroatoms. The maximum atomic E-state index is 9.01. The number of nitrogens with one attached hydrogen (secondary N) is 2. The first kappa shape index (κ1) is 14.1. The molecule has 0 spiro atoms. The minimum absolute atomic E-state index is 0.0870. The second-order valence-electron chi connectivity index (χ2n) is 5.54. The van der Waals surface area contributed by atoms with E-state index in [2.05, 4.69) is 20.6 Å². The van der Waals surface area contributed by atoms with E-state index in [1.165, 1.54) is 32.1 Å². The average molecular weight is 286 g/mol. The van der Waals surface area contributed by atoms with Gasteiger partial charge in [0.2, 0.25) is 5.95 Å². The van der Waals surface area contributed by atoms with Gasteiger partial charge in [0.15, 0.2) is 0 Å². The van der Waals surface area contributed by atoms with Gasteiger partial charge < -0.3 is 15.7 Å². The SMILES string of the molecule is OCCNc1nc(NC2CCCCC2)nc2ccccc12. The van der Waals surface area contributed by atoms with Crippen molar-refractivity contribution in [3.8, 4) is 0 Å². The van der Waals surface area contributed by atoms with Gasteiger partial charge in [-0.3, -0.25) is 0 Å². The summed E-state index contributed by atoms with van der Waals surface area (Å²) in [5, 5.41) is 16.6. The summed E-state index contributed by atoms with van der Waals surface area (Å²) in [4.78, 5) is 9.20. The Labute approximate surface area is 124 Å². The standard InChI is InChI=1S/C16H22N4O/c21-11-10-17-15-13-8-4-5-9-14(13)19-16(20-15)18-12-6-2-1-3-7-12/h4-5,8-9,12,21H,1-3,6-7,10-11H2,(H2,17,18,19,20). The monoisotopic (exact) mass is 286 g/mol. The molecule has 0 saturated heterocycles. The quantitative estimate of drug-likeness (QED) is 0.788. The maximum absolute atomic E-state index is 9.01. The first-order chi connectivity index (χ1) is 10.4. The van der Waals surface area contributed by atoms with Crippen molar-refractivity contribution in [1.82, 2.24) is 9.97 Å². The summed E-state index contributed by atoms with van der Waals surface area (Å²) in [5.74, 6) is 1.47. The molecule has 1 aliphatic rings.